The normalized spacial score (nSPS) is 13.6. The highest BCUT2D eigenvalue weighted by molar-refractivity contribution is 5.85. The minimum Gasteiger partial charge on any atom is -0.495 e. The number of nitrogens with zero attached hydrogens (tertiary/aromatic N) is 2. The number of amides is 1. The summed E-state index contributed by atoms with van der Waals surface area (Å²) in [5.74, 6) is 1.48. The maximum Gasteiger partial charge on any atom is 0.412 e. The molecular formula is C28H34ClN3O3. The fourth-order valence-electron chi connectivity index (χ4n) is 4.25. The number of para-hydroxylation sites is 2. The Morgan fingerprint density at radius 1 is 0.857 bits per heavy atom. The smallest absolute Gasteiger partial charge is 0.412 e. The van der Waals surface area contributed by atoms with Crippen molar-refractivity contribution < 1.29 is 14.3 Å². The molecule has 0 saturated carbocycles. The Balaban J connectivity index is 0.00000342. The number of anilines is 1. The van der Waals surface area contributed by atoms with Crippen LogP contribution in [-0.4, -0.2) is 57.4 Å². The molecule has 1 heterocycles. The molecule has 1 aliphatic heterocycles. The van der Waals surface area contributed by atoms with Gasteiger partial charge in [-0.15, -0.1) is 12.4 Å². The van der Waals surface area contributed by atoms with Crippen molar-refractivity contribution in [2.45, 2.75) is 12.8 Å². The van der Waals surface area contributed by atoms with Crippen molar-refractivity contribution >= 4 is 24.2 Å². The van der Waals surface area contributed by atoms with Crippen LogP contribution < -0.4 is 19.7 Å². The second-order valence-electron chi connectivity index (χ2n) is 8.48. The van der Waals surface area contributed by atoms with Gasteiger partial charge in [0.25, 0.3) is 0 Å². The molecule has 1 N–H and O–H groups in total. The molecule has 0 aromatic heterocycles. The van der Waals surface area contributed by atoms with Crippen LogP contribution in [0.25, 0.3) is 0 Å². The molecule has 1 aliphatic rings. The van der Waals surface area contributed by atoms with Gasteiger partial charge in [0.2, 0.25) is 0 Å². The van der Waals surface area contributed by atoms with Crippen molar-refractivity contribution in [2.24, 2.45) is 0 Å². The number of hydrogen-bond donors (Lipinski definition) is 1. The third-order valence-corrected chi connectivity index (χ3v) is 6.10. The molecule has 0 aliphatic carbocycles. The minimum absolute atomic E-state index is 0. The Bertz CT molecular complexity index is 1040. The van der Waals surface area contributed by atoms with Gasteiger partial charge in [-0.05, 0) is 54.8 Å². The second-order valence-corrected chi connectivity index (χ2v) is 8.48. The van der Waals surface area contributed by atoms with Crippen molar-refractivity contribution in [3.63, 3.8) is 0 Å². The minimum atomic E-state index is -0.406. The van der Waals surface area contributed by atoms with E-state index in [0.717, 1.165) is 57.0 Å². The summed E-state index contributed by atoms with van der Waals surface area (Å²) < 4.78 is 10.9. The topological polar surface area (TPSA) is 54.0 Å². The fourth-order valence-corrected chi connectivity index (χ4v) is 4.25. The van der Waals surface area contributed by atoms with Crippen LogP contribution in [-0.2, 0) is 6.42 Å². The van der Waals surface area contributed by atoms with Gasteiger partial charge in [0.05, 0.1) is 12.8 Å². The first-order chi connectivity index (χ1) is 16.7. The third kappa shape index (κ3) is 7.91. The second kappa shape index (κ2) is 13.6. The van der Waals surface area contributed by atoms with Crippen molar-refractivity contribution in [1.82, 2.24) is 10.2 Å². The molecule has 35 heavy (non-hydrogen) atoms. The molecule has 0 spiro atoms. The lowest BCUT2D eigenvalue weighted by Crippen LogP contribution is -2.47. The van der Waals surface area contributed by atoms with E-state index < -0.39 is 6.09 Å². The molecule has 0 radical (unpaired) electrons. The standard InChI is InChI=1S/C28H33N3O3.ClH/c1-33-27-11-6-5-10-26(27)31-20-18-30(19-21-31)17-7-16-29-28(32)34-25-14-12-24(13-15-25)22-23-8-3-2-4-9-23;/h2-6,8-15H,7,16-22H2,1H3,(H,29,32);1H. The van der Waals surface area contributed by atoms with Gasteiger partial charge < -0.3 is 19.7 Å². The van der Waals surface area contributed by atoms with Crippen molar-refractivity contribution in [3.05, 3.63) is 90.0 Å². The predicted molar refractivity (Wildman–Crippen MR) is 143 cm³/mol. The molecule has 6 nitrogen and oxygen atoms in total. The van der Waals surface area contributed by atoms with E-state index in [0.29, 0.717) is 12.3 Å². The van der Waals surface area contributed by atoms with Gasteiger partial charge in [-0.2, -0.15) is 0 Å². The molecule has 1 saturated heterocycles. The van der Waals surface area contributed by atoms with Crippen LogP contribution in [0.3, 0.4) is 0 Å². The average molecular weight is 496 g/mol. The molecule has 7 heteroatoms. The number of carbonyl (C=O) groups is 1. The Morgan fingerprint density at radius 2 is 1.51 bits per heavy atom. The van der Waals surface area contributed by atoms with Crippen LogP contribution in [0.4, 0.5) is 10.5 Å². The molecule has 1 amide bonds. The lowest BCUT2D eigenvalue weighted by atomic mass is 10.1. The summed E-state index contributed by atoms with van der Waals surface area (Å²) in [5, 5.41) is 2.86. The highest BCUT2D eigenvalue weighted by Crippen LogP contribution is 2.28. The fraction of sp³-hybridized carbons (Fsp3) is 0.321. The van der Waals surface area contributed by atoms with E-state index in [1.807, 2.05) is 60.7 Å². The van der Waals surface area contributed by atoms with Crippen LogP contribution in [0, 0.1) is 0 Å². The summed E-state index contributed by atoms with van der Waals surface area (Å²) in [7, 11) is 1.72. The monoisotopic (exact) mass is 495 g/mol. The van der Waals surface area contributed by atoms with Gasteiger partial charge in [0.15, 0.2) is 0 Å². The Kier molecular flexibility index (Phi) is 10.3. The summed E-state index contributed by atoms with van der Waals surface area (Å²) >= 11 is 0. The highest BCUT2D eigenvalue weighted by Gasteiger charge is 2.19. The molecule has 3 aromatic rings. The van der Waals surface area contributed by atoms with E-state index in [2.05, 4.69) is 33.3 Å². The number of nitrogens with one attached hydrogen (secondary N) is 1. The molecule has 0 atom stereocenters. The van der Waals surface area contributed by atoms with E-state index in [1.54, 1.807) is 7.11 Å². The van der Waals surface area contributed by atoms with Crippen molar-refractivity contribution in [1.29, 1.82) is 0 Å². The zero-order valence-corrected chi connectivity index (χ0v) is 21.0. The van der Waals surface area contributed by atoms with Crippen molar-refractivity contribution in [3.8, 4) is 11.5 Å². The number of piperazine rings is 1. The number of halogens is 1. The maximum absolute atomic E-state index is 12.1. The average Bonchev–Trinajstić information content (AvgIpc) is 2.89. The molecule has 1 fully saturated rings. The number of benzene rings is 3. The Morgan fingerprint density at radius 3 is 2.23 bits per heavy atom. The first-order valence-corrected chi connectivity index (χ1v) is 11.9. The van der Waals surface area contributed by atoms with Crippen LogP contribution in [0.2, 0.25) is 0 Å². The Labute approximate surface area is 214 Å². The number of methoxy groups -OCH3 is 1. The quantitative estimate of drug-likeness (QED) is 0.423. The number of hydrogen-bond acceptors (Lipinski definition) is 5. The summed E-state index contributed by atoms with van der Waals surface area (Å²) in [5.41, 5.74) is 3.60. The molecule has 4 rings (SSSR count). The first kappa shape index (κ1) is 26.4. The summed E-state index contributed by atoms with van der Waals surface area (Å²) in [6.07, 6.45) is 1.34. The van der Waals surface area contributed by atoms with Crippen molar-refractivity contribution in [2.75, 3.05) is 51.3 Å². The highest BCUT2D eigenvalue weighted by atomic mass is 35.5. The first-order valence-electron chi connectivity index (χ1n) is 11.9. The summed E-state index contributed by atoms with van der Waals surface area (Å²) in [6, 6.07) is 26.2. The van der Waals surface area contributed by atoms with Crippen LogP contribution in [0.5, 0.6) is 11.5 Å². The predicted octanol–water partition coefficient (Wildman–Crippen LogP) is 5.01. The Hall–Kier alpha value is -3.22. The molecule has 0 bridgehead atoms. The summed E-state index contributed by atoms with van der Waals surface area (Å²) in [6.45, 7) is 5.48. The maximum atomic E-state index is 12.1. The van der Waals surface area contributed by atoms with Gasteiger partial charge in [-0.25, -0.2) is 4.79 Å². The lowest BCUT2D eigenvalue weighted by Gasteiger charge is -2.36. The lowest BCUT2D eigenvalue weighted by molar-refractivity contribution is 0.198. The number of ether oxygens (including phenoxy) is 2. The molecule has 186 valence electrons. The molecule has 3 aromatic carbocycles. The number of carbonyl (C=O) groups excluding carboxylic acids is 1. The zero-order valence-electron chi connectivity index (χ0n) is 20.2. The van der Waals surface area contributed by atoms with Gasteiger partial charge in [0, 0.05) is 32.7 Å². The van der Waals surface area contributed by atoms with Crippen LogP contribution in [0.15, 0.2) is 78.9 Å². The third-order valence-electron chi connectivity index (χ3n) is 6.10. The van der Waals surface area contributed by atoms with Gasteiger partial charge in [-0.3, -0.25) is 4.90 Å². The largest absolute Gasteiger partial charge is 0.495 e. The van der Waals surface area contributed by atoms with E-state index in [1.165, 1.54) is 11.1 Å². The van der Waals surface area contributed by atoms with Gasteiger partial charge in [-0.1, -0.05) is 54.6 Å². The van der Waals surface area contributed by atoms with E-state index in [9.17, 15) is 4.79 Å². The van der Waals surface area contributed by atoms with Gasteiger partial charge in [0.1, 0.15) is 11.5 Å². The van der Waals surface area contributed by atoms with Crippen LogP contribution in [0.1, 0.15) is 17.5 Å². The molecule has 0 unspecified atom stereocenters. The van der Waals surface area contributed by atoms with Gasteiger partial charge >= 0.3 is 6.09 Å². The molecular weight excluding hydrogens is 462 g/mol. The number of rotatable bonds is 9. The zero-order chi connectivity index (χ0) is 23.6. The van der Waals surface area contributed by atoms with E-state index in [4.69, 9.17) is 9.47 Å². The SMILES string of the molecule is COc1ccccc1N1CCN(CCCNC(=O)Oc2ccc(Cc3ccccc3)cc2)CC1.Cl. The van der Waals surface area contributed by atoms with E-state index >= 15 is 0 Å². The van der Waals surface area contributed by atoms with Crippen LogP contribution >= 0.6 is 12.4 Å². The van der Waals surface area contributed by atoms with E-state index in [-0.39, 0.29) is 12.4 Å². The summed E-state index contributed by atoms with van der Waals surface area (Å²) in [4.78, 5) is 16.9.